The summed E-state index contributed by atoms with van der Waals surface area (Å²) in [5.41, 5.74) is 5.23. The fraction of sp³-hybridized carbons (Fsp3) is 0.333. The van der Waals surface area contributed by atoms with Crippen LogP contribution in [0.15, 0.2) is 23.3 Å². The van der Waals surface area contributed by atoms with Crippen molar-refractivity contribution in [2.24, 2.45) is 5.10 Å². The molecule has 0 saturated carbocycles. The lowest BCUT2D eigenvalue weighted by atomic mass is 10.1. The van der Waals surface area contributed by atoms with Gasteiger partial charge in [-0.25, -0.2) is 0 Å². The number of hydrogen-bond acceptors (Lipinski definition) is 3. The second kappa shape index (κ2) is 5.63. The molecule has 0 spiro atoms. The number of phenolic OH excluding ortho intramolecular Hbond substituents is 1. The molecule has 0 heterocycles. The van der Waals surface area contributed by atoms with E-state index in [2.05, 4.69) is 10.5 Å². The number of hydrazone groups is 1. The minimum atomic E-state index is 0.217. The van der Waals surface area contributed by atoms with E-state index in [1.54, 1.807) is 11.0 Å². The van der Waals surface area contributed by atoms with Crippen LogP contribution in [0.5, 0.6) is 5.75 Å². The molecule has 0 fully saturated rings. The Balaban J connectivity index is 2.88. The Bertz CT molecular complexity index is 455. The molecule has 5 heteroatoms. The molecule has 1 aromatic rings. The molecule has 0 aliphatic rings. The van der Waals surface area contributed by atoms with Crippen LogP contribution in [0.2, 0.25) is 0 Å². The molecule has 0 aromatic heterocycles. The van der Waals surface area contributed by atoms with E-state index in [0.29, 0.717) is 16.4 Å². The van der Waals surface area contributed by atoms with Gasteiger partial charge in [-0.2, -0.15) is 5.10 Å². The van der Waals surface area contributed by atoms with Crippen LogP contribution in [0.3, 0.4) is 0 Å². The van der Waals surface area contributed by atoms with Crippen LogP contribution in [-0.4, -0.2) is 34.9 Å². The third-order valence-corrected chi connectivity index (χ3v) is 2.72. The molecule has 0 bridgehead atoms. The Morgan fingerprint density at radius 1 is 1.41 bits per heavy atom. The number of benzene rings is 1. The summed E-state index contributed by atoms with van der Waals surface area (Å²) in [6.07, 6.45) is 0. The predicted octanol–water partition coefficient (Wildman–Crippen LogP) is 1.86. The van der Waals surface area contributed by atoms with E-state index in [9.17, 15) is 5.11 Å². The number of rotatable bonds is 2. The number of nitrogens with one attached hydrogen (secondary N) is 1. The molecule has 0 amide bonds. The molecular weight excluding hydrogens is 234 g/mol. The first-order valence-electron chi connectivity index (χ1n) is 5.23. The summed E-state index contributed by atoms with van der Waals surface area (Å²) in [5.74, 6) is 0.217. The molecule has 92 valence electrons. The molecule has 0 saturated heterocycles. The van der Waals surface area contributed by atoms with Gasteiger partial charge in [-0.05, 0) is 38.2 Å². The van der Waals surface area contributed by atoms with Crippen LogP contribution in [0.25, 0.3) is 0 Å². The molecule has 1 aromatic carbocycles. The summed E-state index contributed by atoms with van der Waals surface area (Å²) >= 11 is 5.05. The van der Waals surface area contributed by atoms with Gasteiger partial charge in [-0.15, -0.1) is 0 Å². The van der Waals surface area contributed by atoms with Crippen molar-refractivity contribution in [3.63, 3.8) is 0 Å². The molecule has 4 nitrogen and oxygen atoms in total. The largest absolute Gasteiger partial charge is 0.507 e. The highest BCUT2D eigenvalue weighted by molar-refractivity contribution is 7.80. The van der Waals surface area contributed by atoms with Crippen LogP contribution in [0.4, 0.5) is 0 Å². The first-order chi connectivity index (χ1) is 7.91. The van der Waals surface area contributed by atoms with E-state index in [1.807, 2.05) is 40.1 Å². The van der Waals surface area contributed by atoms with Gasteiger partial charge in [0.05, 0.1) is 5.71 Å². The van der Waals surface area contributed by atoms with Gasteiger partial charge in [0.25, 0.3) is 0 Å². The number of aromatic hydroxyl groups is 1. The average Bonchev–Trinajstić information content (AvgIpc) is 2.28. The van der Waals surface area contributed by atoms with Gasteiger partial charge in [0.1, 0.15) is 5.75 Å². The summed E-state index contributed by atoms with van der Waals surface area (Å²) in [4.78, 5) is 1.75. The Kier molecular flexibility index (Phi) is 4.45. The average molecular weight is 251 g/mol. The van der Waals surface area contributed by atoms with Crippen LogP contribution in [-0.2, 0) is 0 Å². The van der Waals surface area contributed by atoms with Crippen LogP contribution in [0, 0.1) is 6.92 Å². The van der Waals surface area contributed by atoms with Gasteiger partial charge >= 0.3 is 0 Å². The third kappa shape index (κ3) is 3.71. The topological polar surface area (TPSA) is 47.9 Å². The standard InChI is InChI=1S/C12H17N3OS/c1-8-5-6-11(16)10(7-8)9(2)13-14-12(17)15(3)4/h5-7,16H,1-4H3,(H,14,17)/b13-9+. The quantitative estimate of drug-likeness (QED) is 0.478. The van der Waals surface area contributed by atoms with E-state index in [1.165, 1.54) is 0 Å². The van der Waals surface area contributed by atoms with Gasteiger partial charge < -0.3 is 10.0 Å². The van der Waals surface area contributed by atoms with E-state index in [-0.39, 0.29) is 5.75 Å². The smallest absolute Gasteiger partial charge is 0.189 e. The maximum atomic E-state index is 9.73. The monoisotopic (exact) mass is 251 g/mol. The fourth-order valence-corrected chi connectivity index (χ4v) is 1.28. The molecule has 1 rings (SSSR count). The van der Waals surface area contributed by atoms with Gasteiger partial charge in [0.15, 0.2) is 5.11 Å². The van der Waals surface area contributed by atoms with Crippen LogP contribution < -0.4 is 5.43 Å². The first kappa shape index (κ1) is 13.4. The van der Waals surface area contributed by atoms with Crippen molar-refractivity contribution in [2.45, 2.75) is 13.8 Å². The number of phenols is 1. The van der Waals surface area contributed by atoms with Gasteiger partial charge in [0, 0.05) is 19.7 Å². The molecular formula is C12H17N3OS. The molecule has 17 heavy (non-hydrogen) atoms. The predicted molar refractivity (Wildman–Crippen MR) is 74.5 cm³/mol. The lowest BCUT2D eigenvalue weighted by Crippen LogP contribution is -2.31. The maximum Gasteiger partial charge on any atom is 0.189 e. The lowest BCUT2D eigenvalue weighted by molar-refractivity contribution is 0.474. The fourth-order valence-electron chi connectivity index (χ4n) is 1.23. The minimum absolute atomic E-state index is 0.217. The number of thiocarbonyl (C=S) groups is 1. The molecule has 0 radical (unpaired) electrons. The molecule has 2 N–H and O–H groups in total. The number of aryl methyl sites for hydroxylation is 1. The van der Waals surface area contributed by atoms with Crippen LogP contribution in [0.1, 0.15) is 18.1 Å². The molecule has 0 unspecified atom stereocenters. The highest BCUT2D eigenvalue weighted by Gasteiger charge is 2.05. The normalized spacial score (nSPS) is 11.2. The Hall–Kier alpha value is -1.62. The van der Waals surface area contributed by atoms with Gasteiger partial charge in [0.2, 0.25) is 0 Å². The zero-order chi connectivity index (χ0) is 13.0. The van der Waals surface area contributed by atoms with Crippen LogP contribution >= 0.6 is 12.2 Å². The number of hydrogen-bond donors (Lipinski definition) is 2. The molecule has 0 aliphatic heterocycles. The molecule has 0 aliphatic carbocycles. The van der Waals surface area contributed by atoms with Crippen molar-refractivity contribution < 1.29 is 5.11 Å². The summed E-state index contributed by atoms with van der Waals surface area (Å²) < 4.78 is 0. The lowest BCUT2D eigenvalue weighted by Gasteiger charge is -2.13. The van der Waals surface area contributed by atoms with Crippen molar-refractivity contribution in [1.82, 2.24) is 10.3 Å². The second-order valence-electron chi connectivity index (χ2n) is 4.03. The zero-order valence-corrected chi connectivity index (χ0v) is 11.3. The van der Waals surface area contributed by atoms with Gasteiger partial charge in [-0.1, -0.05) is 11.6 Å². The van der Waals surface area contributed by atoms with Crippen molar-refractivity contribution in [3.8, 4) is 5.75 Å². The van der Waals surface area contributed by atoms with Crippen molar-refractivity contribution >= 4 is 23.0 Å². The first-order valence-corrected chi connectivity index (χ1v) is 5.64. The van der Waals surface area contributed by atoms with E-state index >= 15 is 0 Å². The second-order valence-corrected chi connectivity index (χ2v) is 4.42. The minimum Gasteiger partial charge on any atom is -0.507 e. The highest BCUT2D eigenvalue weighted by atomic mass is 32.1. The van der Waals surface area contributed by atoms with E-state index in [4.69, 9.17) is 12.2 Å². The summed E-state index contributed by atoms with van der Waals surface area (Å²) in [7, 11) is 3.68. The maximum absolute atomic E-state index is 9.73. The van der Waals surface area contributed by atoms with Crippen molar-refractivity contribution in [3.05, 3.63) is 29.3 Å². The third-order valence-electron chi connectivity index (χ3n) is 2.27. The SMILES string of the molecule is C/C(=N\NC(=S)N(C)C)c1cc(C)ccc1O. The summed E-state index contributed by atoms with van der Waals surface area (Å²) in [6.45, 7) is 3.79. The summed E-state index contributed by atoms with van der Waals surface area (Å²) in [6, 6.07) is 5.40. The Morgan fingerprint density at radius 2 is 2.06 bits per heavy atom. The van der Waals surface area contributed by atoms with Gasteiger partial charge in [-0.3, -0.25) is 5.43 Å². The van der Waals surface area contributed by atoms with Crippen molar-refractivity contribution in [2.75, 3.05) is 14.1 Å². The van der Waals surface area contributed by atoms with Crippen molar-refractivity contribution in [1.29, 1.82) is 0 Å². The molecule has 0 atom stereocenters. The number of nitrogens with zero attached hydrogens (tertiary/aromatic N) is 2. The van der Waals surface area contributed by atoms with E-state index < -0.39 is 0 Å². The highest BCUT2D eigenvalue weighted by Crippen LogP contribution is 2.18. The van der Waals surface area contributed by atoms with E-state index in [0.717, 1.165) is 5.56 Å². The Labute approximate surface area is 107 Å². The zero-order valence-electron chi connectivity index (χ0n) is 10.5. The Morgan fingerprint density at radius 3 is 2.65 bits per heavy atom. The summed E-state index contributed by atoms with van der Waals surface area (Å²) in [5, 5.41) is 14.4.